The van der Waals surface area contributed by atoms with E-state index in [-0.39, 0.29) is 4.90 Å². The molecule has 0 aliphatic heterocycles. The molecule has 1 aromatic carbocycles. The number of sulfonamides is 1. The molecule has 0 saturated heterocycles. The summed E-state index contributed by atoms with van der Waals surface area (Å²) in [5.41, 5.74) is 7.24. The van der Waals surface area contributed by atoms with Crippen LogP contribution in [0, 0.1) is 5.92 Å². The Balaban J connectivity index is 2.18. The second-order valence-electron chi connectivity index (χ2n) is 5.57. The van der Waals surface area contributed by atoms with Crippen molar-refractivity contribution in [3.63, 3.8) is 0 Å². The summed E-state index contributed by atoms with van der Waals surface area (Å²) in [6, 6.07) is 5.25. The van der Waals surface area contributed by atoms with E-state index in [0.29, 0.717) is 17.6 Å². The summed E-state index contributed by atoms with van der Waals surface area (Å²) in [4.78, 5) is 0.270. The molecular weight excluding hydrogens is 274 g/mol. The Morgan fingerprint density at radius 3 is 2.70 bits per heavy atom. The van der Waals surface area contributed by atoms with Gasteiger partial charge < -0.3 is 11.1 Å². The smallest absolute Gasteiger partial charge is 0.242 e. The first-order valence-corrected chi connectivity index (χ1v) is 8.39. The van der Waals surface area contributed by atoms with Crippen molar-refractivity contribution in [3.05, 3.63) is 18.2 Å². The van der Waals surface area contributed by atoms with Crippen molar-refractivity contribution < 1.29 is 8.42 Å². The fourth-order valence-corrected chi connectivity index (χ4v) is 3.27. The number of hydrogen-bond acceptors (Lipinski definition) is 4. The van der Waals surface area contributed by atoms with E-state index in [9.17, 15) is 8.42 Å². The van der Waals surface area contributed by atoms with E-state index in [1.54, 1.807) is 18.2 Å². The fraction of sp³-hybridized carbons (Fsp3) is 0.571. The Morgan fingerprint density at radius 1 is 1.40 bits per heavy atom. The predicted octanol–water partition coefficient (Wildman–Crippen LogP) is 2.12. The lowest BCUT2D eigenvalue weighted by atomic mass is 10.2. The summed E-state index contributed by atoms with van der Waals surface area (Å²) in [5, 5.41) is 3.36. The molecular formula is C14H23N3O2S. The van der Waals surface area contributed by atoms with Crippen LogP contribution in [0.4, 0.5) is 11.4 Å². The lowest BCUT2D eigenvalue weighted by Gasteiger charge is -2.14. The van der Waals surface area contributed by atoms with Crippen molar-refractivity contribution in [1.82, 2.24) is 4.31 Å². The number of hydrogen-bond donors (Lipinski definition) is 2. The van der Waals surface area contributed by atoms with Crippen LogP contribution in [-0.4, -0.2) is 32.9 Å². The molecule has 0 radical (unpaired) electrons. The third-order valence-corrected chi connectivity index (χ3v) is 5.54. The molecule has 1 aliphatic rings. The maximum Gasteiger partial charge on any atom is 0.242 e. The minimum Gasteiger partial charge on any atom is -0.397 e. The molecule has 20 heavy (non-hydrogen) atoms. The molecule has 0 heterocycles. The Bertz CT molecular complexity index is 584. The molecule has 1 aliphatic carbocycles. The monoisotopic (exact) mass is 297 g/mol. The van der Waals surface area contributed by atoms with Crippen LogP contribution in [-0.2, 0) is 10.0 Å². The Hall–Kier alpha value is -1.27. The molecule has 0 aromatic heterocycles. The van der Waals surface area contributed by atoms with E-state index >= 15 is 0 Å². The van der Waals surface area contributed by atoms with Gasteiger partial charge in [0.2, 0.25) is 10.0 Å². The van der Waals surface area contributed by atoms with Crippen LogP contribution in [0.25, 0.3) is 0 Å². The van der Waals surface area contributed by atoms with E-state index in [2.05, 4.69) is 12.2 Å². The molecule has 5 nitrogen and oxygen atoms in total. The van der Waals surface area contributed by atoms with Crippen LogP contribution in [0.1, 0.15) is 26.2 Å². The molecule has 1 saturated carbocycles. The van der Waals surface area contributed by atoms with Gasteiger partial charge in [0.15, 0.2) is 0 Å². The lowest BCUT2D eigenvalue weighted by Crippen LogP contribution is -2.22. The van der Waals surface area contributed by atoms with Gasteiger partial charge in [-0.1, -0.05) is 13.3 Å². The SMILES string of the molecule is CCCC1CC1Nc1cc(S(=O)(=O)N(C)C)ccc1N. The summed E-state index contributed by atoms with van der Waals surface area (Å²) in [6.45, 7) is 2.17. The van der Waals surface area contributed by atoms with Crippen molar-refractivity contribution >= 4 is 21.4 Å². The van der Waals surface area contributed by atoms with Crippen LogP contribution in [0.3, 0.4) is 0 Å². The standard InChI is InChI=1S/C14H23N3O2S/c1-4-5-10-8-13(10)16-14-9-11(6-7-12(14)15)20(18,19)17(2)3/h6-7,9-10,13,16H,4-5,8,15H2,1-3H3. The van der Waals surface area contributed by atoms with Gasteiger partial charge in [-0.05, 0) is 37.0 Å². The quantitative estimate of drug-likeness (QED) is 0.789. The first kappa shape index (κ1) is 15.1. The first-order valence-electron chi connectivity index (χ1n) is 6.95. The molecule has 0 spiro atoms. The third kappa shape index (κ3) is 3.07. The van der Waals surface area contributed by atoms with Gasteiger partial charge in [0.05, 0.1) is 16.3 Å². The Labute approximate surface area is 121 Å². The van der Waals surface area contributed by atoms with Crippen molar-refractivity contribution in [3.8, 4) is 0 Å². The highest BCUT2D eigenvalue weighted by atomic mass is 32.2. The number of rotatable bonds is 6. The van der Waals surface area contributed by atoms with Crippen molar-refractivity contribution in [1.29, 1.82) is 0 Å². The van der Waals surface area contributed by atoms with Gasteiger partial charge >= 0.3 is 0 Å². The van der Waals surface area contributed by atoms with E-state index in [1.165, 1.54) is 31.2 Å². The zero-order valence-electron chi connectivity index (χ0n) is 12.3. The molecule has 1 aromatic rings. The summed E-state index contributed by atoms with van der Waals surface area (Å²) >= 11 is 0. The zero-order valence-corrected chi connectivity index (χ0v) is 13.1. The normalized spacial score (nSPS) is 22.0. The van der Waals surface area contributed by atoms with Gasteiger partial charge in [0, 0.05) is 20.1 Å². The van der Waals surface area contributed by atoms with Crippen LogP contribution >= 0.6 is 0 Å². The number of nitrogens with zero attached hydrogens (tertiary/aromatic N) is 1. The number of benzene rings is 1. The number of nitrogens with two attached hydrogens (primary N) is 1. The molecule has 3 N–H and O–H groups in total. The minimum atomic E-state index is -3.42. The van der Waals surface area contributed by atoms with Crippen LogP contribution in [0.15, 0.2) is 23.1 Å². The highest BCUT2D eigenvalue weighted by Crippen LogP contribution is 2.38. The number of nitrogen functional groups attached to an aromatic ring is 1. The van der Waals surface area contributed by atoms with Gasteiger partial charge in [-0.15, -0.1) is 0 Å². The predicted molar refractivity (Wildman–Crippen MR) is 82.2 cm³/mol. The minimum absolute atomic E-state index is 0.270. The van der Waals surface area contributed by atoms with E-state index in [0.717, 1.165) is 12.1 Å². The Kier molecular flexibility index (Phi) is 4.25. The maximum atomic E-state index is 12.1. The summed E-state index contributed by atoms with van der Waals surface area (Å²) < 4.78 is 25.4. The van der Waals surface area contributed by atoms with Crippen LogP contribution in [0.2, 0.25) is 0 Å². The highest BCUT2D eigenvalue weighted by molar-refractivity contribution is 7.89. The lowest BCUT2D eigenvalue weighted by molar-refractivity contribution is 0.521. The second kappa shape index (κ2) is 5.61. The molecule has 1 fully saturated rings. The largest absolute Gasteiger partial charge is 0.397 e. The zero-order chi connectivity index (χ0) is 14.9. The number of anilines is 2. The third-order valence-electron chi connectivity index (χ3n) is 3.73. The molecule has 6 heteroatoms. The van der Waals surface area contributed by atoms with Crippen molar-refractivity contribution in [2.45, 2.75) is 37.1 Å². The molecule has 0 amide bonds. The maximum absolute atomic E-state index is 12.1. The summed E-state index contributed by atoms with van der Waals surface area (Å²) in [5.74, 6) is 0.688. The van der Waals surface area contributed by atoms with Crippen LogP contribution < -0.4 is 11.1 Å². The van der Waals surface area contributed by atoms with Gasteiger partial charge in [-0.3, -0.25) is 0 Å². The molecule has 112 valence electrons. The summed E-state index contributed by atoms with van der Waals surface area (Å²) in [6.07, 6.45) is 3.51. The topological polar surface area (TPSA) is 75.4 Å². The van der Waals surface area contributed by atoms with E-state index in [1.807, 2.05) is 0 Å². The van der Waals surface area contributed by atoms with Gasteiger partial charge in [0.1, 0.15) is 0 Å². The fourth-order valence-electron chi connectivity index (χ4n) is 2.35. The van der Waals surface area contributed by atoms with E-state index < -0.39 is 10.0 Å². The average Bonchev–Trinajstić information content (AvgIpc) is 3.10. The van der Waals surface area contributed by atoms with Crippen molar-refractivity contribution in [2.24, 2.45) is 5.92 Å². The molecule has 2 unspecified atom stereocenters. The van der Waals surface area contributed by atoms with Gasteiger partial charge in [-0.25, -0.2) is 12.7 Å². The van der Waals surface area contributed by atoms with Crippen LogP contribution in [0.5, 0.6) is 0 Å². The number of nitrogens with one attached hydrogen (secondary N) is 1. The highest BCUT2D eigenvalue weighted by Gasteiger charge is 2.36. The Morgan fingerprint density at radius 2 is 2.10 bits per heavy atom. The molecule has 2 atom stereocenters. The summed E-state index contributed by atoms with van der Waals surface area (Å²) in [7, 11) is -0.368. The van der Waals surface area contributed by atoms with Crippen molar-refractivity contribution in [2.75, 3.05) is 25.1 Å². The van der Waals surface area contributed by atoms with Gasteiger partial charge in [-0.2, -0.15) is 0 Å². The van der Waals surface area contributed by atoms with E-state index in [4.69, 9.17) is 5.73 Å². The van der Waals surface area contributed by atoms with Gasteiger partial charge in [0.25, 0.3) is 0 Å². The molecule has 0 bridgehead atoms. The molecule has 2 rings (SSSR count). The average molecular weight is 297 g/mol. The first-order chi connectivity index (χ1) is 9.36. The second-order valence-corrected chi connectivity index (χ2v) is 7.72.